The van der Waals surface area contributed by atoms with Crippen molar-refractivity contribution in [2.45, 2.75) is 11.3 Å². The normalized spacial score (nSPS) is 9.97. The molecule has 0 saturated carbocycles. The molecule has 0 bridgehead atoms. The number of hydrogen-bond donors (Lipinski definition) is 1. The zero-order valence-corrected chi connectivity index (χ0v) is 17.1. The van der Waals surface area contributed by atoms with E-state index in [9.17, 15) is 9.59 Å². The first-order chi connectivity index (χ1) is 14.1. The van der Waals surface area contributed by atoms with Gasteiger partial charge in [0.05, 0.1) is 25.5 Å². The lowest BCUT2D eigenvalue weighted by atomic mass is 10.1. The van der Waals surface area contributed by atoms with Crippen LogP contribution in [-0.4, -0.2) is 45.0 Å². The maximum Gasteiger partial charge on any atom is 0.340 e. The zero-order valence-electron chi connectivity index (χ0n) is 16.3. The van der Waals surface area contributed by atoms with E-state index >= 15 is 0 Å². The summed E-state index contributed by atoms with van der Waals surface area (Å²) in [5, 5.41) is 11.4. The van der Waals surface area contributed by atoms with Gasteiger partial charge in [0.2, 0.25) is 5.91 Å². The van der Waals surface area contributed by atoms with E-state index < -0.39 is 5.97 Å². The van der Waals surface area contributed by atoms with Crippen LogP contribution in [0.5, 0.6) is 11.5 Å². The van der Waals surface area contributed by atoms with Crippen LogP contribution in [0.15, 0.2) is 47.4 Å². The predicted octanol–water partition coefficient (Wildman–Crippen LogP) is 2.84. The number of rotatable bonds is 10. The molecule has 152 valence electrons. The Kier molecular flexibility index (Phi) is 8.86. The number of benzene rings is 2. The molecule has 0 fully saturated rings. The SMILES string of the molecule is COc1ccc(CCNC(=O)CSc2ccccc2C(=O)OCC#N)cc1OC. The second-order valence-electron chi connectivity index (χ2n) is 5.81. The van der Waals surface area contributed by atoms with Crippen molar-refractivity contribution in [1.82, 2.24) is 5.32 Å². The van der Waals surface area contributed by atoms with Crippen LogP contribution in [0, 0.1) is 11.3 Å². The number of amides is 1. The maximum atomic E-state index is 12.1. The summed E-state index contributed by atoms with van der Waals surface area (Å²) in [6, 6.07) is 14.2. The van der Waals surface area contributed by atoms with Crippen molar-refractivity contribution in [2.75, 3.05) is 33.1 Å². The van der Waals surface area contributed by atoms with Crippen molar-refractivity contribution in [3.05, 3.63) is 53.6 Å². The smallest absolute Gasteiger partial charge is 0.340 e. The molecule has 2 aromatic rings. The minimum atomic E-state index is -0.580. The maximum absolute atomic E-state index is 12.1. The van der Waals surface area contributed by atoms with Crippen LogP contribution in [0.25, 0.3) is 0 Å². The van der Waals surface area contributed by atoms with Gasteiger partial charge in [-0.3, -0.25) is 4.79 Å². The summed E-state index contributed by atoms with van der Waals surface area (Å²) in [5.41, 5.74) is 1.35. The van der Waals surface area contributed by atoms with E-state index in [1.165, 1.54) is 11.8 Å². The summed E-state index contributed by atoms with van der Waals surface area (Å²) in [5.74, 6) is 0.740. The van der Waals surface area contributed by atoms with E-state index in [0.717, 1.165) is 5.56 Å². The van der Waals surface area contributed by atoms with Gasteiger partial charge in [-0.25, -0.2) is 4.79 Å². The number of nitriles is 1. The Morgan fingerprint density at radius 2 is 1.86 bits per heavy atom. The van der Waals surface area contributed by atoms with Gasteiger partial charge in [0, 0.05) is 11.4 Å². The summed E-state index contributed by atoms with van der Waals surface area (Å²) in [7, 11) is 3.16. The van der Waals surface area contributed by atoms with E-state index in [4.69, 9.17) is 19.5 Å². The van der Waals surface area contributed by atoms with Gasteiger partial charge < -0.3 is 19.5 Å². The van der Waals surface area contributed by atoms with Gasteiger partial charge in [-0.15, -0.1) is 11.8 Å². The molecule has 1 N–H and O–H groups in total. The van der Waals surface area contributed by atoms with Crippen molar-refractivity contribution >= 4 is 23.6 Å². The second kappa shape index (κ2) is 11.6. The molecule has 8 heteroatoms. The van der Waals surface area contributed by atoms with E-state index in [2.05, 4.69) is 5.32 Å². The number of methoxy groups -OCH3 is 2. The molecule has 7 nitrogen and oxygen atoms in total. The lowest BCUT2D eigenvalue weighted by molar-refractivity contribution is -0.118. The molecule has 0 aliphatic heterocycles. The Hall–Kier alpha value is -3.18. The van der Waals surface area contributed by atoms with Gasteiger partial charge in [-0.05, 0) is 36.2 Å². The molecular formula is C21H22N2O5S. The molecule has 2 aromatic carbocycles. The van der Waals surface area contributed by atoms with Crippen molar-refractivity contribution in [3.63, 3.8) is 0 Å². The Balaban J connectivity index is 1.84. The number of ether oxygens (including phenoxy) is 3. The first kappa shape index (κ1) is 22.1. The van der Waals surface area contributed by atoms with Crippen LogP contribution < -0.4 is 14.8 Å². The predicted molar refractivity (Wildman–Crippen MR) is 109 cm³/mol. The summed E-state index contributed by atoms with van der Waals surface area (Å²) < 4.78 is 15.3. The van der Waals surface area contributed by atoms with Crippen molar-refractivity contribution in [1.29, 1.82) is 5.26 Å². The van der Waals surface area contributed by atoms with Crippen molar-refractivity contribution < 1.29 is 23.8 Å². The Morgan fingerprint density at radius 1 is 1.10 bits per heavy atom. The van der Waals surface area contributed by atoms with Crippen LogP contribution in [0.2, 0.25) is 0 Å². The third kappa shape index (κ3) is 6.73. The lowest BCUT2D eigenvalue weighted by Gasteiger charge is -2.10. The molecule has 1 amide bonds. The molecule has 0 saturated heterocycles. The van der Waals surface area contributed by atoms with Crippen LogP contribution >= 0.6 is 11.8 Å². The minimum absolute atomic E-state index is 0.143. The number of carbonyl (C=O) groups is 2. The highest BCUT2D eigenvalue weighted by Gasteiger charge is 2.14. The number of carbonyl (C=O) groups excluding carboxylic acids is 2. The Bertz CT molecular complexity index is 895. The second-order valence-corrected chi connectivity index (χ2v) is 6.83. The molecule has 0 spiro atoms. The fourth-order valence-electron chi connectivity index (χ4n) is 2.51. The van der Waals surface area contributed by atoms with E-state index in [0.29, 0.717) is 34.9 Å². The van der Waals surface area contributed by atoms with Crippen LogP contribution in [0.1, 0.15) is 15.9 Å². The molecule has 0 heterocycles. The number of hydrogen-bond acceptors (Lipinski definition) is 7. The van der Waals surface area contributed by atoms with E-state index in [1.807, 2.05) is 18.2 Å². The topological polar surface area (TPSA) is 97.6 Å². The van der Waals surface area contributed by atoms with Gasteiger partial charge in [0.15, 0.2) is 18.1 Å². The first-order valence-corrected chi connectivity index (χ1v) is 9.81. The van der Waals surface area contributed by atoms with Gasteiger partial charge in [0.25, 0.3) is 0 Å². The lowest BCUT2D eigenvalue weighted by Crippen LogP contribution is -2.27. The summed E-state index contributed by atoms with van der Waals surface area (Å²) >= 11 is 1.24. The molecule has 0 aliphatic carbocycles. The molecule has 0 aliphatic rings. The molecule has 0 atom stereocenters. The molecule has 2 rings (SSSR count). The van der Waals surface area contributed by atoms with Crippen LogP contribution in [0.3, 0.4) is 0 Å². The Morgan fingerprint density at radius 3 is 2.59 bits per heavy atom. The van der Waals surface area contributed by atoms with Gasteiger partial charge in [-0.1, -0.05) is 18.2 Å². The molecule has 0 radical (unpaired) electrons. The average molecular weight is 414 g/mol. The number of thioether (sulfide) groups is 1. The average Bonchev–Trinajstić information content (AvgIpc) is 2.76. The molecular weight excluding hydrogens is 392 g/mol. The monoisotopic (exact) mass is 414 g/mol. The summed E-state index contributed by atoms with van der Waals surface area (Å²) in [4.78, 5) is 24.8. The third-order valence-corrected chi connectivity index (χ3v) is 4.99. The number of esters is 1. The molecule has 0 unspecified atom stereocenters. The highest BCUT2D eigenvalue weighted by Crippen LogP contribution is 2.27. The van der Waals surface area contributed by atoms with Crippen LogP contribution in [-0.2, 0) is 16.0 Å². The van der Waals surface area contributed by atoms with E-state index in [1.54, 1.807) is 44.6 Å². The molecule has 0 aromatic heterocycles. The fourth-order valence-corrected chi connectivity index (χ4v) is 3.38. The number of nitrogens with zero attached hydrogens (tertiary/aromatic N) is 1. The Labute approximate surface area is 174 Å². The summed E-state index contributed by atoms with van der Waals surface area (Å²) in [6.07, 6.45) is 0.647. The minimum Gasteiger partial charge on any atom is -0.493 e. The quantitative estimate of drug-likeness (QED) is 0.471. The highest BCUT2D eigenvalue weighted by atomic mass is 32.2. The first-order valence-electron chi connectivity index (χ1n) is 8.82. The van der Waals surface area contributed by atoms with E-state index in [-0.39, 0.29) is 18.3 Å². The number of nitrogens with one attached hydrogen (secondary N) is 1. The summed E-state index contributed by atoms with van der Waals surface area (Å²) in [6.45, 7) is 0.162. The third-order valence-electron chi connectivity index (χ3n) is 3.92. The fraction of sp³-hybridized carbons (Fsp3) is 0.286. The van der Waals surface area contributed by atoms with Crippen molar-refractivity contribution in [2.24, 2.45) is 0 Å². The van der Waals surface area contributed by atoms with Gasteiger partial charge in [-0.2, -0.15) is 5.26 Å². The van der Waals surface area contributed by atoms with Gasteiger partial charge in [0.1, 0.15) is 6.07 Å². The largest absolute Gasteiger partial charge is 0.493 e. The van der Waals surface area contributed by atoms with Gasteiger partial charge >= 0.3 is 5.97 Å². The van der Waals surface area contributed by atoms with Crippen LogP contribution in [0.4, 0.5) is 0 Å². The molecule has 29 heavy (non-hydrogen) atoms. The standard InChI is InChI=1S/C21H22N2O5S/c1-26-17-8-7-15(13-18(17)27-2)9-11-23-20(24)14-29-19-6-4-3-5-16(19)21(25)28-12-10-22/h3-8,13H,9,11-12,14H2,1-2H3,(H,23,24). The van der Waals surface area contributed by atoms with Crippen molar-refractivity contribution in [3.8, 4) is 17.6 Å². The zero-order chi connectivity index (χ0) is 21.1. The highest BCUT2D eigenvalue weighted by molar-refractivity contribution is 8.00.